The Hall–Kier alpha value is -0.0500. The summed E-state index contributed by atoms with van der Waals surface area (Å²) in [5.74, 6) is 2.79. The lowest BCUT2D eigenvalue weighted by Crippen LogP contribution is -2.35. The van der Waals surface area contributed by atoms with Crippen molar-refractivity contribution in [2.45, 2.75) is 43.8 Å². The molecule has 0 aromatic rings. The smallest absolute Gasteiger partial charge is 0.220 e. The fraction of sp³-hybridized carbons (Fsp3) is 1.00. The molecule has 4 fully saturated rings. The summed E-state index contributed by atoms with van der Waals surface area (Å²) in [6, 6.07) is 0. The molecule has 0 spiro atoms. The average Bonchev–Trinajstić information content (AvgIpc) is 3.16. The average molecular weight is 344 g/mol. The Morgan fingerprint density at radius 1 is 1.00 bits per heavy atom. The van der Waals surface area contributed by atoms with Crippen molar-refractivity contribution in [3.63, 3.8) is 0 Å². The van der Waals surface area contributed by atoms with Crippen LogP contribution in [0.2, 0.25) is 0 Å². The molecule has 0 aliphatic heterocycles. The highest BCUT2D eigenvalue weighted by Crippen LogP contribution is 2.72. The van der Waals surface area contributed by atoms with Crippen LogP contribution in [0.15, 0.2) is 0 Å². The summed E-state index contributed by atoms with van der Waals surface area (Å²) < 4.78 is 57.6. The molecule has 0 aromatic carbocycles. The fourth-order valence-corrected chi connectivity index (χ4v) is 7.01. The molecule has 3 nitrogen and oxygen atoms in total. The van der Waals surface area contributed by atoms with Crippen molar-refractivity contribution in [3.8, 4) is 0 Å². The van der Waals surface area contributed by atoms with Crippen LogP contribution in [0.1, 0.15) is 38.5 Å². The van der Waals surface area contributed by atoms with Gasteiger partial charge in [0.15, 0.2) is 0 Å². The summed E-state index contributed by atoms with van der Waals surface area (Å²) in [5.41, 5.74) is 0. The normalized spacial score (nSPS) is 47.2. The molecule has 4 saturated carbocycles. The van der Waals surface area contributed by atoms with Crippen molar-refractivity contribution in [3.05, 3.63) is 0 Å². The zero-order valence-electron chi connectivity index (χ0n) is 12.0. The van der Waals surface area contributed by atoms with Gasteiger partial charge in [-0.1, -0.05) is 9.37 Å². The van der Waals surface area contributed by atoms with Gasteiger partial charge in [-0.2, -0.15) is 8.78 Å². The standard InChI is InChI=1S/C14H20F4O3S/c15-14(16,22(17,18)21-20-19)6-10-4-9-5-11(10)13-8-2-1-7(3-8)12(9)13/h7-13,19H,1-6H2. The topological polar surface area (TPSA) is 38.7 Å². The third-order valence-corrected chi connectivity index (χ3v) is 7.93. The molecule has 7 atom stereocenters. The van der Waals surface area contributed by atoms with Crippen molar-refractivity contribution in [1.29, 1.82) is 0 Å². The molecule has 7 unspecified atom stereocenters. The van der Waals surface area contributed by atoms with Gasteiger partial charge in [-0.3, -0.25) is 0 Å². The number of fused-ring (bicyclic) bond motifs is 9. The van der Waals surface area contributed by atoms with Crippen LogP contribution in [-0.2, 0) is 9.37 Å². The van der Waals surface area contributed by atoms with Gasteiger partial charge >= 0.3 is 5.25 Å². The maximum Gasteiger partial charge on any atom is 0.353 e. The second-order valence-electron chi connectivity index (χ2n) is 7.55. The first-order valence-corrected chi connectivity index (χ1v) is 9.29. The van der Waals surface area contributed by atoms with Crippen LogP contribution < -0.4 is 0 Å². The van der Waals surface area contributed by atoms with Crippen molar-refractivity contribution in [2.75, 3.05) is 0 Å². The van der Waals surface area contributed by atoms with E-state index >= 15 is 0 Å². The monoisotopic (exact) mass is 344 g/mol. The molecule has 0 aromatic heterocycles. The fourth-order valence-electron chi connectivity index (χ4n) is 6.43. The van der Waals surface area contributed by atoms with Gasteiger partial charge in [-0.25, -0.2) is 5.26 Å². The van der Waals surface area contributed by atoms with Crippen molar-refractivity contribution < 1.29 is 31.2 Å². The third kappa shape index (κ3) is 2.06. The van der Waals surface area contributed by atoms with E-state index in [0.717, 1.165) is 12.3 Å². The molecule has 4 aliphatic rings. The summed E-state index contributed by atoms with van der Waals surface area (Å²) in [4.78, 5) is 0. The van der Waals surface area contributed by atoms with E-state index in [9.17, 15) is 16.6 Å². The lowest BCUT2D eigenvalue weighted by Gasteiger charge is -2.40. The lowest BCUT2D eigenvalue weighted by atomic mass is 9.67. The van der Waals surface area contributed by atoms with Crippen LogP contribution in [0.5, 0.6) is 0 Å². The highest BCUT2D eigenvalue weighted by atomic mass is 32.3. The minimum Gasteiger partial charge on any atom is -0.220 e. The van der Waals surface area contributed by atoms with Crippen LogP contribution >= 0.6 is 11.1 Å². The van der Waals surface area contributed by atoms with E-state index in [4.69, 9.17) is 5.26 Å². The number of alkyl halides is 2. The summed E-state index contributed by atoms with van der Waals surface area (Å²) in [6.07, 6.45) is 4.37. The summed E-state index contributed by atoms with van der Waals surface area (Å²) in [5, 5.41) is 6.50. The number of hydrogen-bond donors (Lipinski definition) is 1. The maximum atomic E-state index is 13.9. The SMILES string of the molecule is OOOS(F)(F)C(F)(F)CC1CC2CC1C1C3CCC(C3)C21. The van der Waals surface area contributed by atoms with E-state index in [0.29, 0.717) is 30.1 Å². The highest BCUT2D eigenvalue weighted by Gasteiger charge is 2.65. The van der Waals surface area contributed by atoms with E-state index in [-0.39, 0.29) is 11.8 Å². The molecule has 8 heteroatoms. The minimum absolute atomic E-state index is 0.168. The second kappa shape index (κ2) is 4.97. The van der Waals surface area contributed by atoms with E-state index in [1.54, 1.807) is 0 Å². The van der Waals surface area contributed by atoms with E-state index < -0.39 is 22.8 Å². The van der Waals surface area contributed by atoms with Gasteiger partial charge in [0.1, 0.15) is 0 Å². The van der Waals surface area contributed by atoms with Gasteiger partial charge in [0.25, 0.3) is 11.1 Å². The Kier molecular flexibility index (Phi) is 3.50. The first kappa shape index (κ1) is 15.5. The summed E-state index contributed by atoms with van der Waals surface area (Å²) >= 11 is -5.75. The number of halogens is 4. The van der Waals surface area contributed by atoms with E-state index in [1.165, 1.54) is 19.3 Å². The predicted octanol–water partition coefficient (Wildman–Crippen LogP) is 5.20. The lowest BCUT2D eigenvalue weighted by molar-refractivity contribution is -0.440. The molecular formula is C14H20F4O3S. The van der Waals surface area contributed by atoms with Crippen molar-refractivity contribution >= 4 is 11.1 Å². The molecule has 128 valence electrons. The molecule has 4 rings (SSSR count). The van der Waals surface area contributed by atoms with Gasteiger partial charge in [-0.05, 0) is 73.5 Å². The van der Waals surface area contributed by atoms with Crippen LogP contribution in [0.25, 0.3) is 0 Å². The van der Waals surface area contributed by atoms with Gasteiger partial charge in [0.05, 0.1) is 0 Å². The van der Waals surface area contributed by atoms with E-state index in [2.05, 4.69) is 9.37 Å². The Morgan fingerprint density at radius 3 is 2.36 bits per heavy atom. The van der Waals surface area contributed by atoms with Crippen molar-refractivity contribution in [2.24, 2.45) is 41.4 Å². The predicted molar refractivity (Wildman–Crippen MR) is 71.7 cm³/mol. The van der Waals surface area contributed by atoms with Crippen molar-refractivity contribution in [1.82, 2.24) is 0 Å². The first-order chi connectivity index (χ1) is 10.3. The number of rotatable bonds is 5. The molecule has 0 heterocycles. The zero-order valence-corrected chi connectivity index (χ0v) is 12.8. The maximum absolute atomic E-state index is 13.9. The third-order valence-electron chi connectivity index (χ3n) is 6.83. The van der Waals surface area contributed by atoms with Crippen LogP contribution in [0.3, 0.4) is 0 Å². The first-order valence-electron chi connectivity index (χ1n) is 7.93. The number of hydrogen-bond acceptors (Lipinski definition) is 3. The molecule has 0 amide bonds. The van der Waals surface area contributed by atoms with Gasteiger partial charge < -0.3 is 0 Å². The molecule has 22 heavy (non-hydrogen) atoms. The Bertz CT molecular complexity index is 463. The molecule has 4 bridgehead atoms. The molecule has 1 N–H and O–H groups in total. The molecule has 0 radical (unpaired) electrons. The second-order valence-corrected chi connectivity index (χ2v) is 9.13. The van der Waals surface area contributed by atoms with Crippen LogP contribution in [0.4, 0.5) is 16.6 Å². The summed E-state index contributed by atoms with van der Waals surface area (Å²) in [7, 11) is 0. The minimum atomic E-state index is -5.75. The largest absolute Gasteiger partial charge is 0.353 e. The van der Waals surface area contributed by atoms with Gasteiger partial charge in [-0.15, -0.1) is 7.77 Å². The van der Waals surface area contributed by atoms with Gasteiger partial charge in [0.2, 0.25) is 0 Å². The summed E-state index contributed by atoms with van der Waals surface area (Å²) in [6.45, 7) is 0. The zero-order chi connectivity index (χ0) is 15.7. The highest BCUT2D eigenvalue weighted by molar-refractivity contribution is 8.22. The quantitative estimate of drug-likeness (QED) is 0.322. The van der Waals surface area contributed by atoms with Gasteiger partial charge in [0, 0.05) is 6.42 Å². The molecule has 4 aliphatic carbocycles. The van der Waals surface area contributed by atoms with E-state index in [1.807, 2.05) is 0 Å². The molecule has 0 saturated heterocycles. The molecular weight excluding hydrogens is 324 g/mol. The Balaban J connectivity index is 1.47. The Morgan fingerprint density at radius 2 is 1.68 bits per heavy atom. The Labute approximate surface area is 128 Å². The van der Waals surface area contributed by atoms with Crippen LogP contribution in [0, 0.1) is 41.4 Å². The van der Waals surface area contributed by atoms with Crippen LogP contribution in [-0.4, -0.2) is 10.5 Å².